The lowest BCUT2D eigenvalue weighted by Gasteiger charge is -2.18. The largest absolute Gasteiger partial charge is 0.480 e. The van der Waals surface area contributed by atoms with Crippen molar-refractivity contribution in [3.05, 3.63) is 27.7 Å². The Morgan fingerprint density at radius 1 is 1.42 bits per heavy atom. The van der Waals surface area contributed by atoms with Gasteiger partial charge in [-0.2, -0.15) is 4.72 Å². The van der Waals surface area contributed by atoms with Crippen molar-refractivity contribution in [1.82, 2.24) is 4.72 Å². The third-order valence-corrected chi connectivity index (χ3v) is 5.05. The van der Waals surface area contributed by atoms with E-state index in [4.69, 9.17) is 16.7 Å². The average molecular weight is 371 g/mol. The molecule has 0 aromatic heterocycles. The number of carboxylic acid groups (broad SMARTS) is 1. The molecule has 0 bridgehead atoms. The summed E-state index contributed by atoms with van der Waals surface area (Å²) in [6.45, 7) is 3.25. The number of nitrogens with one attached hydrogen (secondary N) is 1. The van der Waals surface area contributed by atoms with Crippen LogP contribution in [0, 0.1) is 5.92 Å². The Morgan fingerprint density at radius 3 is 2.42 bits per heavy atom. The minimum atomic E-state index is -3.93. The van der Waals surface area contributed by atoms with Crippen LogP contribution < -0.4 is 4.72 Å². The Morgan fingerprint density at radius 2 is 2.00 bits per heavy atom. The Hall–Kier alpha value is -0.630. The van der Waals surface area contributed by atoms with Crippen molar-refractivity contribution >= 4 is 43.5 Å². The molecule has 0 aliphatic carbocycles. The monoisotopic (exact) mass is 369 g/mol. The van der Waals surface area contributed by atoms with Crippen molar-refractivity contribution in [2.45, 2.75) is 24.8 Å². The molecule has 0 unspecified atom stereocenters. The fourth-order valence-electron chi connectivity index (χ4n) is 1.40. The van der Waals surface area contributed by atoms with Gasteiger partial charge in [0.05, 0.1) is 4.90 Å². The molecule has 0 aliphatic heterocycles. The molecule has 19 heavy (non-hydrogen) atoms. The van der Waals surface area contributed by atoms with Crippen molar-refractivity contribution in [3.8, 4) is 0 Å². The maximum absolute atomic E-state index is 12.1. The van der Waals surface area contributed by atoms with E-state index in [1.807, 2.05) is 0 Å². The summed E-state index contributed by atoms with van der Waals surface area (Å²) in [5, 5.41) is 9.39. The summed E-state index contributed by atoms with van der Waals surface area (Å²) in [7, 11) is -3.93. The van der Waals surface area contributed by atoms with Gasteiger partial charge in [-0.1, -0.05) is 25.4 Å². The predicted octanol–water partition coefficient (Wildman–Crippen LogP) is 2.49. The first-order valence-corrected chi connectivity index (χ1v) is 8.00. The maximum atomic E-state index is 12.1. The van der Waals surface area contributed by atoms with Gasteiger partial charge in [-0.3, -0.25) is 4.79 Å². The lowest BCUT2D eigenvalue weighted by molar-refractivity contribution is -0.140. The van der Waals surface area contributed by atoms with Crippen molar-refractivity contribution in [3.63, 3.8) is 0 Å². The second-order valence-corrected chi connectivity index (χ2v) is 7.23. The van der Waals surface area contributed by atoms with Crippen LogP contribution in [0.1, 0.15) is 13.8 Å². The Bertz CT molecular complexity index is 588. The van der Waals surface area contributed by atoms with Gasteiger partial charge in [-0.15, -0.1) is 0 Å². The molecular formula is C11H13BrClNO4S. The van der Waals surface area contributed by atoms with Crippen LogP contribution in [0.25, 0.3) is 0 Å². The zero-order valence-electron chi connectivity index (χ0n) is 10.2. The first-order valence-electron chi connectivity index (χ1n) is 5.35. The number of aliphatic carboxylic acids is 1. The van der Waals surface area contributed by atoms with E-state index in [9.17, 15) is 13.2 Å². The molecule has 0 heterocycles. The summed E-state index contributed by atoms with van der Waals surface area (Å²) in [4.78, 5) is 11.0. The molecule has 0 saturated carbocycles. The number of hydrogen-bond acceptors (Lipinski definition) is 3. The van der Waals surface area contributed by atoms with E-state index >= 15 is 0 Å². The Balaban J connectivity index is 3.14. The molecule has 0 amide bonds. The lowest BCUT2D eigenvalue weighted by Crippen LogP contribution is -2.44. The standard InChI is InChI=1S/C11H13BrClNO4S/c1-6(2)10(11(15)16)14-19(17,18)9-4-3-7(13)5-8(9)12/h3-6,10,14H,1-2H3,(H,15,16)/t10-/m1/s1. The third kappa shape index (κ3) is 4.17. The van der Waals surface area contributed by atoms with Crippen molar-refractivity contribution in [1.29, 1.82) is 0 Å². The molecule has 1 rings (SSSR count). The van der Waals surface area contributed by atoms with Crippen molar-refractivity contribution in [2.75, 3.05) is 0 Å². The molecule has 1 atom stereocenters. The highest BCUT2D eigenvalue weighted by molar-refractivity contribution is 9.10. The molecule has 0 saturated heterocycles. The molecule has 0 fully saturated rings. The van der Waals surface area contributed by atoms with Crippen LogP contribution in [0.5, 0.6) is 0 Å². The number of halogens is 2. The highest BCUT2D eigenvalue weighted by Gasteiger charge is 2.29. The minimum absolute atomic E-state index is 0.0520. The van der Waals surface area contributed by atoms with E-state index in [-0.39, 0.29) is 15.3 Å². The summed E-state index contributed by atoms with van der Waals surface area (Å²) in [5.74, 6) is -1.60. The van der Waals surface area contributed by atoms with Crippen molar-refractivity contribution in [2.24, 2.45) is 5.92 Å². The molecule has 1 aromatic rings. The normalized spacial score (nSPS) is 13.5. The van der Waals surface area contributed by atoms with Crippen LogP contribution in [-0.2, 0) is 14.8 Å². The highest BCUT2D eigenvalue weighted by Crippen LogP contribution is 2.25. The summed E-state index contributed by atoms with van der Waals surface area (Å²) in [5.41, 5.74) is 0. The van der Waals surface area contributed by atoms with Gasteiger partial charge in [-0.05, 0) is 40.0 Å². The van der Waals surface area contributed by atoms with Gasteiger partial charge in [0.1, 0.15) is 6.04 Å². The van der Waals surface area contributed by atoms with E-state index in [1.54, 1.807) is 13.8 Å². The number of sulfonamides is 1. The first-order chi connectivity index (χ1) is 8.65. The molecule has 8 heteroatoms. The van der Waals surface area contributed by atoms with E-state index in [0.29, 0.717) is 5.02 Å². The van der Waals surface area contributed by atoms with Crippen LogP contribution in [0.2, 0.25) is 5.02 Å². The lowest BCUT2D eigenvalue weighted by atomic mass is 10.1. The number of hydrogen-bond donors (Lipinski definition) is 2. The molecular weight excluding hydrogens is 358 g/mol. The Kier molecular flexibility index (Phi) is 5.37. The van der Waals surface area contributed by atoms with Gasteiger partial charge in [0.2, 0.25) is 10.0 Å². The van der Waals surface area contributed by atoms with Gasteiger partial charge in [0, 0.05) is 9.50 Å². The van der Waals surface area contributed by atoms with E-state index in [1.165, 1.54) is 18.2 Å². The first kappa shape index (κ1) is 16.4. The second kappa shape index (κ2) is 6.21. The fourth-order valence-corrected chi connectivity index (χ4v) is 4.11. The smallest absolute Gasteiger partial charge is 0.322 e. The summed E-state index contributed by atoms with van der Waals surface area (Å²) in [6.07, 6.45) is 0. The predicted molar refractivity (Wildman–Crippen MR) is 75.7 cm³/mol. The number of benzene rings is 1. The van der Waals surface area contributed by atoms with E-state index in [0.717, 1.165) is 0 Å². The van der Waals surface area contributed by atoms with Crippen LogP contribution in [0.15, 0.2) is 27.6 Å². The SMILES string of the molecule is CC(C)[C@@H](NS(=O)(=O)c1ccc(Cl)cc1Br)C(=O)O. The molecule has 1 aromatic carbocycles. The van der Waals surface area contributed by atoms with Gasteiger partial charge >= 0.3 is 5.97 Å². The fraction of sp³-hybridized carbons (Fsp3) is 0.364. The van der Waals surface area contributed by atoms with E-state index < -0.39 is 22.0 Å². The number of carbonyl (C=O) groups is 1. The topological polar surface area (TPSA) is 83.5 Å². The average Bonchev–Trinajstić information content (AvgIpc) is 2.24. The van der Waals surface area contributed by atoms with Gasteiger partial charge < -0.3 is 5.11 Å². The molecule has 0 spiro atoms. The van der Waals surface area contributed by atoms with Crippen LogP contribution in [-0.4, -0.2) is 25.5 Å². The number of rotatable bonds is 5. The zero-order chi connectivity index (χ0) is 14.8. The summed E-state index contributed by atoms with van der Waals surface area (Å²) in [6, 6.07) is 2.98. The van der Waals surface area contributed by atoms with Crippen LogP contribution >= 0.6 is 27.5 Å². The third-order valence-electron chi connectivity index (χ3n) is 2.40. The van der Waals surface area contributed by atoms with Crippen LogP contribution in [0.4, 0.5) is 0 Å². The maximum Gasteiger partial charge on any atom is 0.322 e. The summed E-state index contributed by atoms with van der Waals surface area (Å²) < 4.78 is 26.7. The van der Waals surface area contributed by atoms with Gasteiger partial charge in [-0.25, -0.2) is 8.42 Å². The van der Waals surface area contributed by atoms with Crippen molar-refractivity contribution < 1.29 is 18.3 Å². The van der Waals surface area contributed by atoms with E-state index in [2.05, 4.69) is 20.7 Å². The van der Waals surface area contributed by atoms with Gasteiger partial charge in [0.25, 0.3) is 0 Å². The van der Waals surface area contributed by atoms with Gasteiger partial charge in [0.15, 0.2) is 0 Å². The minimum Gasteiger partial charge on any atom is -0.480 e. The molecule has 2 N–H and O–H groups in total. The zero-order valence-corrected chi connectivity index (χ0v) is 13.4. The number of carboxylic acids is 1. The summed E-state index contributed by atoms with van der Waals surface area (Å²) >= 11 is 8.83. The molecule has 0 radical (unpaired) electrons. The van der Waals surface area contributed by atoms with Crippen LogP contribution in [0.3, 0.4) is 0 Å². The Labute approximate surface area is 125 Å². The molecule has 5 nitrogen and oxygen atoms in total. The quantitative estimate of drug-likeness (QED) is 0.834. The molecule has 0 aliphatic rings. The highest BCUT2D eigenvalue weighted by atomic mass is 79.9. The molecule has 106 valence electrons. The second-order valence-electron chi connectivity index (χ2n) is 4.26.